The summed E-state index contributed by atoms with van der Waals surface area (Å²) in [6.45, 7) is 0.682. The lowest BCUT2D eigenvalue weighted by atomic mass is 10.2. The van der Waals surface area contributed by atoms with Crippen LogP contribution < -0.4 is 16.1 Å². The van der Waals surface area contributed by atoms with E-state index in [2.05, 4.69) is 0 Å². The quantitative estimate of drug-likeness (QED) is 0.646. The Morgan fingerprint density at radius 1 is 1.08 bits per heavy atom. The van der Waals surface area contributed by atoms with Crippen LogP contribution in [-0.4, -0.2) is 11.2 Å². The van der Waals surface area contributed by atoms with E-state index in [0.29, 0.717) is 46.3 Å². The number of rotatable bonds is 5. The van der Waals surface area contributed by atoms with E-state index in [1.165, 1.54) is 4.57 Å². The van der Waals surface area contributed by atoms with Gasteiger partial charge in [-0.3, -0.25) is 4.57 Å². The zero-order chi connectivity index (χ0) is 17.1. The fraction of sp³-hybridized carbons (Fsp3) is 0.176. The second-order valence-corrected chi connectivity index (χ2v) is 5.94. The van der Waals surface area contributed by atoms with Gasteiger partial charge >= 0.3 is 11.4 Å². The van der Waals surface area contributed by atoms with E-state index in [1.807, 2.05) is 0 Å². The monoisotopic (exact) mass is 365 g/mol. The minimum atomic E-state index is -0.681. The molecule has 0 unspecified atom stereocenters. The molecule has 2 aromatic carbocycles. The molecule has 1 aromatic heterocycles. The fourth-order valence-electron chi connectivity index (χ4n) is 2.37. The summed E-state index contributed by atoms with van der Waals surface area (Å²) in [5.74, 6) is -0.194. The van der Waals surface area contributed by atoms with Gasteiger partial charge in [0.25, 0.3) is 0 Å². The molecule has 0 amide bonds. The molecule has 7 heteroatoms. The second-order valence-electron chi connectivity index (χ2n) is 5.10. The summed E-state index contributed by atoms with van der Waals surface area (Å²) in [4.78, 5) is 23.6. The highest BCUT2D eigenvalue weighted by atomic mass is 35.5. The van der Waals surface area contributed by atoms with Gasteiger partial charge in [0.2, 0.25) is 0 Å². The van der Waals surface area contributed by atoms with Gasteiger partial charge in [0.1, 0.15) is 5.75 Å². The normalized spacial score (nSPS) is 10.9. The lowest BCUT2D eigenvalue weighted by Gasteiger charge is -2.10. The van der Waals surface area contributed by atoms with Crippen molar-refractivity contribution in [1.29, 1.82) is 0 Å². The lowest BCUT2D eigenvalue weighted by molar-refractivity contribution is 0.297. The third-order valence-corrected chi connectivity index (χ3v) is 4.04. The van der Waals surface area contributed by atoms with Crippen molar-refractivity contribution >= 4 is 34.1 Å². The molecular weight excluding hydrogens is 353 g/mol. The Morgan fingerprint density at radius 2 is 1.88 bits per heavy atom. The highest BCUT2D eigenvalue weighted by Crippen LogP contribution is 2.27. The molecule has 0 saturated heterocycles. The maximum atomic E-state index is 11.9. The van der Waals surface area contributed by atoms with Gasteiger partial charge in [-0.05, 0) is 30.7 Å². The zero-order valence-electron chi connectivity index (χ0n) is 12.5. The van der Waals surface area contributed by atoms with Crippen molar-refractivity contribution in [3.8, 4) is 5.75 Å². The van der Waals surface area contributed by atoms with Gasteiger partial charge in [-0.1, -0.05) is 35.3 Å². The number of aryl methyl sites for hydroxylation is 1. The maximum Gasteiger partial charge on any atom is 0.422 e. The van der Waals surface area contributed by atoms with Crippen LogP contribution >= 0.6 is 23.2 Å². The maximum absolute atomic E-state index is 11.9. The first-order chi connectivity index (χ1) is 11.6. The largest absolute Gasteiger partial charge is 0.492 e. The van der Waals surface area contributed by atoms with Gasteiger partial charge in [0.15, 0.2) is 0 Å². The van der Waals surface area contributed by atoms with Crippen molar-refractivity contribution in [2.45, 2.75) is 13.0 Å². The zero-order valence-corrected chi connectivity index (χ0v) is 14.0. The number of hydrogen-bond donors (Lipinski definition) is 0. The predicted octanol–water partition coefficient (Wildman–Crippen LogP) is 3.73. The number of para-hydroxylation sites is 1. The number of aromatic nitrogens is 1. The molecule has 5 nitrogen and oxygen atoms in total. The Labute approximate surface area is 147 Å². The van der Waals surface area contributed by atoms with Crippen LogP contribution in [0, 0.1) is 0 Å². The Kier molecular flexibility index (Phi) is 4.92. The van der Waals surface area contributed by atoms with Crippen molar-refractivity contribution in [2.75, 3.05) is 6.61 Å². The standard InChI is InChI=1S/C17H13Cl2NO4/c18-11-6-7-13(19)15(10-11)23-9-3-8-20-14-5-2-1-4-12(14)16(21)24-17(20)22/h1-2,4-7,10H,3,8-9H2. The molecule has 0 spiro atoms. The van der Waals surface area contributed by atoms with E-state index < -0.39 is 11.4 Å². The molecule has 0 N–H and O–H groups in total. The molecule has 3 aromatic rings. The van der Waals surface area contributed by atoms with Gasteiger partial charge in [-0.25, -0.2) is 9.59 Å². The van der Waals surface area contributed by atoms with Crippen LogP contribution in [0.4, 0.5) is 0 Å². The summed E-state index contributed by atoms with van der Waals surface area (Å²) in [7, 11) is 0. The van der Waals surface area contributed by atoms with Crippen LogP contribution in [0.15, 0.2) is 56.5 Å². The summed E-state index contributed by atoms with van der Waals surface area (Å²) in [6, 6.07) is 11.8. The van der Waals surface area contributed by atoms with Crippen LogP contribution in [0.3, 0.4) is 0 Å². The van der Waals surface area contributed by atoms with Gasteiger partial charge in [-0.2, -0.15) is 0 Å². The molecule has 0 aliphatic heterocycles. The Hall–Kier alpha value is -2.24. The predicted molar refractivity (Wildman–Crippen MR) is 93.3 cm³/mol. The lowest BCUT2D eigenvalue weighted by Crippen LogP contribution is -2.25. The van der Waals surface area contributed by atoms with Gasteiger partial charge in [0, 0.05) is 17.6 Å². The SMILES string of the molecule is O=c1oc(=O)n(CCCOc2cc(Cl)ccc2Cl)c2ccccc12. The first-order valence-electron chi connectivity index (χ1n) is 7.27. The van der Waals surface area contributed by atoms with Crippen molar-refractivity contribution in [3.05, 3.63) is 73.5 Å². The third-order valence-electron chi connectivity index (χ3n) is 3.49. The second kappa shape index (κ2) is 7.11. The van der Waals surface area contributed by atoms with Crippen LogP contribution in [0.1, 0.15) is 6.42 Å². The summed E-state index contributed by atoms with van der Waals surface area (Å²) in [5.41, 5.74) is -0.0895. The molecule has 24 heavy (non-hydrogen) atoms. The summed E-state index contributed by atoms with van der Waals surface area (Å²) in [6.07, 6.45) is 0.528. The first kappa shape index (κ1) is 16.6. The number of halogens is 2. The molecule has 0 aliphatic carbocycles. The Bertz CT molecular complexity index is 994. The van der Waals surface area contributed by atoms with Crippen molar-refractivity contribution < 1.29 is 9.15 Å². The molecule has 0 atom stereocenters. The summed E-state index contributed by atoms with van der Waals surface area (Å²) < 4.78 is 11.8. The molecule has 124 valence electrons. The van der Waals surface area contributed by atoms with Gasteiger partial charge in [0.05, 0.1) is 22.5 Å². The molecular formula is C17H13Cl2NO4. The van der Waals surface area contributed by atoms with E-state index in [1.54, 1.807) is 42.5 Å². The summed E-state index contributed by atoms with van der Waals surface area (Å²) >= 11 is 11.9. The van der Waals surface area contributed by atoms with Crippen molar-refractivity contribution in [2.24, 2.45) is 0 Å². The van der Waals surface area contributed by atoms with E-state index >= 15 is 0 Å². The van der Waals surface area contributed by atoms with E-state index in [0.717, 1.165) is 0 Å². The van der Waals surface area contributed by atoms with E-state index in [4.69, 9.17) is 32.4 Å². The summed E-state index contributed by atoms with van der Waals surface area (Å²) in [5, 5.41) is 1.37. The van der Waals surface area contributed by atoms with E-state index in [9.17, 15) is 9.59 Å². The molecule has 0 bridgehead atoms. The highest BCUT2D eigenvalue weighted by Gasteiger charge is 2.09. The van der Waals surface area contributed by atoms with Crippen LogP contribution in [0.5, 0.6) is 5.75 Å². The van der Waals surface area contributed by atoms with Gasteiger partial charge in [-0.15, -0.1) is 0 Å². The van der Waals surface area contributed by atoms with Crippen LogP contribution in [0.2, 0.25) is 10.0 Å². The molecule has 0 fully saturated rings. The third kappa shape index (κ3) is 3.47. The Morgan fingerprint density at radius 3 is 2.71 bits per heavy atom. The van der Waals surface area contributed by atoms with Gasteiger partial charge < -0.3 is 9.15 Å². The smallest absolute Gasteiger partial charge is 0.422 e. The molecule has 0 aliphatic rings. The molecule has 3 rings (SSSR count). The average molecular weight is 366 g/mol. The number of nitrogens with zero attached hydrogens (tertiary/aromatic N) is 1. The highest BCUT2D eigenvalue weighted by molar-refractivity contribution is 6.34. The topological polar surface area (TPSA) is 61.4 Å². The number of hydrogen-bond acceptors (Lipinski definition) is 4. The van der Waals surface area contributed by atoms with E-state index in [-0.39, 0.29) is 0 Å². The number of ether oxygens (including phenoxy) is 1. The van der Waals surface area contributed by atoms with Crippen molar-refractivity contribution in [3.63, 3.8) is 0 Å². The fourth-order valence-corrected chi connectivity index (χ4v) is 2.71. The minimum absolute atomic E-state index is 0.333. The molecule has 0 saturated carbocycles. The number of benzene rings is 2. The first-order valence-corrected chi connectivity index (χ1v) is 8.02. The average Bonchev–Trinajstić information content (AvgIpc) is 2.57. The van der Waals surface area contributed by atoms with Crippen molar-refractivity contribution in [1.82, 2.24) is 4.57 Å². The Balaban J connectivity index is 1.74. The minimum Gasteiger partial charge on any atom is -0.492 e. The molecule has 1 heterocycles. The number of fused-ring (bicyclic) bond motifs is 1. The molecule has 0 radical (unpaired) electrons. The van der Waals surface area contributed by atoms with Crippen LogP contribution in [0.25, 0.3) is 10.9 Å². The van der Waals surface area contributed by atoms with Crippen LogP contribution in [-0.2, 0) is 6.54 Å².